The number of nitrogens with one attached hydrogen (secondary N) is 2. The number of ether oxygens (including phenoxy) is 2. The molecule has 0 saturated carbocycles. The van der Waals surface area contributed by atoms with E-state index in [1.165, 1.54) is 24.3 Å². The normalized spacial score (nSPS) is 16.2. The van der Waals surface area contributed by atoms with Crippen molar-refractivity contribution in [2.45, 2.75) is 37.1 Å². The lowest BCUT2D eigenvalue weighted by atomic mass is 10.2. The van der Waals surface area contributed by atoms with Crippen molar-refractivity contribution in [3.63, 3.8) is 0 Å². The van der Waals surface area contributed by atoms with Gasteiger partial charge in [-0.2, -0.15) is 0 Å². The van der Waals surface area contributed by atoms with E-state index in [4.69, 9.17) is 9.47 Å². The summed E-state index contributed by atoms with van der Waals surface area (Å²) >= 11 is 0. The predicted octanol–water partition coefficient (Wildman–Crippen LogP) is 3.39. The van der Waals surface area contributed by atoms with Gasteiger partial charge in [0.2, 0.25) is 5.88 Å². The Kier molecular flexibility index (Phi) is 8.63. The summed E-state index contributed by atoms with van der Waals surface area (Å²) in [6.45, 7) is 2.43. The molecule has 1 fully saturated rings. The van der Waals surface area contributed by atoms with Crippen LogP contribution in [0.2, 0.25) is 0 Å². The van der Waals surface area contributed by atoms with Gasteiger partial charge in [-0.1, -0.05) is 0 Å². The molecular formula is C19H24ClF2N3O4S. The largest absolute Gasteiger partial charge is 0.488 e. The van der Waals surface area contributed by atoms with Crippen molar-refractivity contribution < 1.29 is 26.7 Å². The van der Waals surface area contributed by atoms with Crippen LogP contribution >= 0.6 is 12.4 Å². The van der Waals surface area contributed by atoms with Crippen LogP contribution in [-0.4, -0.2) is 45.6 Å². The van der Waals surface area contributed by atoms with Gasteiger partial charge in [-0.3, -0.25) is 4.72 Å². The minimum absolute atomic E-state index is 0. The Morgan fingerprint density at radius 2 is 1.93 bits per heavy atom. The zero-order valence-corrected chi connectivity index (χ0v) is 17.9. The van der Waals surface area contributed by atoms with Gasteiger partial charge in [0.25, 0.3) is 16.4 Å². The van der Waals surface area contributed by atoms with E-state index in [-0.39, 0.29) is 23.1 Å². The quantitative estimate of drug-likeness (QED) is 0.592. The zero-order chi connectivity index (χ0) is 20.9. The summed E-state index contributed by atoms with van der Waals surface area (Å²) in [5, 5.41) is 3.33. The van der Waals surface area contributed by atoms with E-state index in [0.717, 1.165) is 19.4 Å². The molecule has 1 aromatic carbocycles. The highest BCUT2D eigenvalue weighted by atomic mass is 35.5. The number of anilines is 1. The molecule has 30 heavy (non-hydrogen) atoms. The van der Waals surface area contributed by atoms with Crippen molar-refractivity contribution in [3.8, 4) is 11.6 Å². The standard InChI is InChI=1S/C19H23F2N3O4S.ClH/c1-13-17(8-9-19(23-13)28-11-14-3-2-10-22-14)24-29(25,26)16-6-4-15(5-7-16)27-12-18(20)21;/h4-9,14,18,22,24H,2-3,10-12H2,1H3;1H/t14-;/m0./s1. The summed E-state index contributed by atoms with van der Waals surface area (Å²) in [6, 6.07) is 8.75. The number of hydrogen-bond acceptors (Lipinski definition) is 6. The lowest BCUT2D eigenvalue weighted by Crippen LogP contribution is -2.28. The molecule has 1 aromatic heterocycles. The zero-order valence-electron chi connectivity index (χ0n) is 16.3. The van der Waals surface area contributed by atoms with E-state index >= 15 is 0 Å². The van der Waals surface area contributed by atoms with Gasteiger partial charge in [0.1, 0.15) is 19.0 Å². The molecule has 1 saturated heterocycles. The first-order valence-corrected chi connectivity index (χ1v) is 10.7. The monoisotopic (exact) mass is 463 g/mol. The van der Waals surface area contributed by atoms with Crippen LogP contribution < -0.4 is 19.5 Å². The van der Waals surface area contributed by atoms with Crippen LogP contribution in [0, 0.1) is 6.92 Å². The third-order valence-corrected chi connectivity index (χ3v) is 5.79. The van der Waals surface area contributed by atoms with Crippen LogP contribution in [0.4, 0.5) is 14.5 Å². The molecule has 3 rings (SSSR count). The maximum Gasteiger partial charge on any atom is 0.272 e. The first kappa shape index (κ1) is 24.1. The molecule has 11 heteroatoms. The van der Waals surface area contributed by atoms with E-state index in [9.17, 15) is 17.2 Å². The van der Waals surface area contributed by atoms with Gasteiger partial charge in [0.05, 0.1) is 16.3 Å². The van der Waals surface area contributed by atoms with Crippen molar-refractivity contribution in [2.75, 3.05) is 24.5 Å². The number of rotatable bonds is 9. The van der Waals surface area contributed by atoms with Crippen molar-refractivity contribution in [1.82, 2.24) is 10.3 Å². The van der Waals surface area contributed by atoms with Gasteiger partial charge in [0.15, 0.2) is 0 Å². The fraction of sp³-hybridized carbons (Fsp3) is 0.421. The highest BCUT2D eigenvalue weighted by Gasteiger charge is 2.18. The molecule has 2 N–H and O–H groups in total. The molecule has 0 bridgehead atoms. The number of alkyl halides is 2. The predicted molar refractivity (Wildman–Crippen MR) is 111 cm³/mol. The Morgan fingerprint density at radius 3 is 2.53 bits per heavy atom. The Bertz CT molecular complexity index is 924. The van der Waals surface area contributed by atoms with Crippen LogP contribution in [-0.2, 0) is 10.0 Å². The first-order chi connectivity index (χ1) is 13.8. The highest BCUT2D eigenvalue weighted by molar-refractivity contribution is 7.92. The molecule has 2 heterocycles. The third-order valence-electron chi connectivity index (χ3n) is 4.41. The van der Waals surface area contributed by atoms with E-state index in [2.05, 4.69) is 15.0 Å². The number of pyridine rings is 1. The second-order valence-corrected chi connectivity index (χ2v) is 8.35. The number of halogens is 3. The average molecular weight is 464 g/mol. The molecule has 0 radical (unpaired) electrons. The van der Waals surface area contributed by atoms with Crippen molar-refractivity contribution in [2.24, 2.45) is 0 Å². The Hall–Kier alpha value is -2.17. The van der Waals surface area contributed by atoms with Gasteiger partial charge in [0, 0.05) is 12.1 Å². The smallest absolute Gasteiger partial charge is 0.272 e. The molecule has 7 nitrogen and oxygen atoms in total. The maximum atomic E-state index is 12.6. The minimum Gasteiger partial charge on any atom is -0.488 e. The summed E-state index contributed by atoms with van der Waals surface area (Å²) < 4.78 is 62.5. The molecule has 0 amide bonds. The fourth-order valence-electron chi connectivity index (χ4n) is 2.89. The molecule has 0 spiro atoms. The van der Waals surface area contributed by atoms with Crippen LogP contribution in [0.1, 0.15) is 18.5 Å². The SMILES string of the molecule is Cc1nc(OC[C@@H]2CCCN2)ccc1NS(=O)(=O)c1ccc(OCC(F)F)cc1.Cl. The molecule has 166 valence electrons. The number of sulfonamides is 1. The summed E-state index contributed by atoms with van der Waals surface area (Å²) in [4.78, 5) is 4.28. The van der Waals surface area contributed by atoms with Crippen LogP contribution in [0.15, 0.2) is 41.3 Å². The summed E-state index contributed by atoms with van der Waals surface area (Å²) in [5.74, 6) is 0.597. The fourth-order valence-corrected chi connectivity index (χ4v) is 4.01. The van der Waals surface area contributed by atoms with Gasteiger partial charge in [-0.05, 0) is 56.6 Å². The topological polar surface area (TPSA) is 89.5 Å². The first-order valence-electron chi connectivity index (χ1n) is 9.21. The molecule has 2 aromatic rings. The highest BCUT2D eigenvalue weighted by Crippen LogP contribution is 2.23. The average Bonchev–Trinajstić information content (AvgIpc) is 3.20. The molecule has 0 unspecified atom stereocenters. The Morgan fingerprint density at radius 1 is 1.20 bits per heavy atom. The van der Waals surface area contributed by atoms with Crippen molar-refractivity contribution in [1.29, 1.82) is 0 Å². The summed E-state index contributed by atoms with van der Waals surface area (Å²) in [6.07, 6.45) is -0.416. The number of aromatic nitrogens is 1. The lowest BCUT2D eigenvalue weighted by Gasteiger charge is -2.14. The minimum atomic E-state index is -3.87. The summed E-state index contributed by atoms with van der Waals surface area (Å²) in [5.41, 5.74) is 0.803. The van der Waals surface area contributed by atoms with E-state index < -0.39 is 23.1 Å². The molecular weight excluding hydrogens is 440 g/mol. The van der Waals surface area contributed by atoms with Gasteiger partial charge < -0.3 is 14.8 Å². The van der Waals surface area contributed by atoms with Gasteiger partial charge in [-0.25, -0.2) is 22.2 Å². The Balaban J connectivity index is 0.00000320. The van der Waals surface area contributed by atoms with Crippen molar-refractivity contribution in [3.05, 3.63) is 42.1 Å². The molecule has 1 aliphatic heterocycles. The van der Waals surface area contributed by atoms with Crippen LogP contribution in [0.25, 0.3) is 0 Å². The van der Waals surface area contributed by atoms with Crippen molar-refractivity contribution >= 4 is 28.1 Å². The van der Waals surface area contributed by atoms with E-state index in [1.54, 1.807) is 19.1 Å². The molecule has 1 atom stereocenters. The third kappa shape index (κ3) is 6.68. The number of hydrogen-bond donors (Lipinski definition) is 2. The van der Waals surface area contributed by atoms with Crippen LogP contribution in [0.5, 0.6) is 11.6 Å². The van der Waals surface area contributed by atoms with E-state index in [0.29, 0.717) is 29.9 Å². The second-order valence-electron chi connectivity index (χ2n) is 6.67. The van der Waals surface area contributed by atoms with E-state index in [1.807, 2.05) is 0 Å². The lowest BCUT2D eigenvalue weighted by molar-refractivity contribution is 0.0819. The Labute approximate surface area is 180 Å². The number of aryl methyl sites for hydroxylation is 1. The van der Waals surface area contributed by atoms with Gasteiger partial charge in [-0.15, -0.1) is 12.4 Å². The molecule has 1 aliphatic rings. The molecule has 0 aliphatic carbocycles. The number of benzene rings is 1. The summed E-state index contributed by atoms with van der Waals surface area (Å²) in [7, 11) is -3.87. The maximum absolute atomic E-state index is 12.6. The van der Waals surface area contributed by atoms with Gasteiger partial charge >= 0.3 is 0 Å². The van der Waals surface area contributed by atoms with Crippen LogP contribution in [0.3, 0.4) is 0 Å². The second kappa shape index (κ2) is 10.7. The number of nitrogens with zero attached hydrogens (tertiary/aromatic N) is 1.